The average molecular weight is 237 g/mol. The number of hydrogen-bond acceptors (Lipinski definition) is 2. The van der Waals surface area contributed by atoms with Gasteiger partial charge in [0.2, 0.25) is 0 Å². The highest BCUT2D eigenvalue weighted by molar-refractivity contribution is 7.78. The number of thiocarbonyl (C=S) groups is 1. The maximum absolute atomic E-state index is 5.77. The van der Waals surface area contributed by atoms with E-state index in [4.69, 9.17) is 5.41 Å². The maximum Gasteiger partial charge on any atom is 0.0554 e. The van der Waals surface area contributed by atoms with Gasteiger partial charge in [0.05, 0.1) is 5.16 Å². The average Bonchev–Trinajstić information content (AvgIpc) is 2.37. The third-order valence-electron chi connectivity index (χ3n) is 2.61. The van der Waals surface area contributed by atoms with E-state index in [2.05, 4.69) is 72.9 Å². The molecule has 2 heteroatoms. The summed E-state index contributed by atoms with van der Waals surface area (Å²) in [6, 6.07) is 21.4. The molecule has 0 aliphatic rings. The van der Waals surface area contributed by atoms with Crippen LogP contribution < -0.4 is 0 Å². The molecule has 0 saturated heterocycles. The summed E-state index contributed by atoms with van der Waals surface area (Å²) in [4.78, 5) is 0. The Morgan fingerprint density at radius 3 is 1.18 bits per heavy atom. The zero-order valence-electron chi connectivity index (χ0n) is 9.18. The van der Waals surface area contributed by atoms with E-state index in [9.17, 15) is 0 Å². The molecule has 0 amide bonds. The van der Waals surface area contributed by atoms with Gasteiger partial charge in [-0.25, -0.2) is 5.41 Å². The van der Waals surface area contributed by atoms with Gasteiger partial charge in [0.25, 0.3) is 0 Å². The van der Waals surface area contributed by atoms with Crippen LogP contribution in [0, 0.1) is 5.41 Å². The largest absolute Gasteiger partial charge is 0.248 e. The van der Waals surface area contributed by atoms with E-state index in [0.717, 1.165) is 0 Å². The lowest BCUT2D eigenvalue weighted by Crippen LogP contribution is -1.74. The summed E-state index contributed by atoms with van der Waals surface area (Å²) in [6.45, 7) is 0. The summed E-state index contributed by atoms with van der Waals surface area (Å²) in [5.74, 6) is 0. The first-order valence-corrected chi connectivity index (χ1v) is 5.67. The Morgan fingerprint density at radius 2 is 0.941 bits per heavy atom. The first-order chi connectivity index (χ1) is 8.35. The second-order valence-corrected chi connectivity index (χ2v) is 3.85. The summed E-state index contributed by atoms with van der Waals surface area (Å²) in [5, 5.41) is 12.6. The zero-order chi connectivity index (χ0) is 12.1. The van der Waals surface area contributed by atoms with E-state index in [0.29, 0.717) is 0 Å². The van der Waals surface area contributed by atoms with Gasteiger partial charge in [-0.2, -0.15) is 0 Å². The van der Waals surface area contributed by atoms with Crippen molar-refractivity contribution in [3.8, 4) is 0 Å². The number of nitrogens with one attached hydrogen (secondary N) is 1. The fourth-order valence-corrected chi connectivity index (χ4v) is 1.88. The molecule has 17 heavy (non-hydrogen) atoms. The molecule has 1 N–H and O–H groups in total. The molecule has 0 atom stereocenters. The first kappa shape index (κ1) is 11.5. The Hall–Kier alpha value is -2.02. The minimum Gasteiger partial charge on any atom is -0.248 e. The Bertz CT molecular complexity index is 577. The summed E-state index contributed by atoms with van der Waals surface area (Å²) in [7, 11) is 0. The number of benzene rings is 3. The van der Waals surface area contributed by atoms with Gasteiger partial charge >= 0.3 is 0 Å². The normalized spacial score (nSPS) is 9.41. The van der Waals surface area contributed by atoms with E-state index < -0.39 is 0 Å². The number of rotatable bonds is 0. The van der Waals surface area contributed by atoms with Gasteiger partial charge in [-0.05, 0) is 45.9 Å². The van der Waals surface area contributed by atoms with Gasteiger partial charge in [0.1, 0.15) is 0 Å². The second kappa shape index (κ2) is 5.35. The molecule has 0 radical (unpaired) electrons. The molecule has 0 aliphatic heterocycles. The van der Waals surface area contributed by atoms with E-state index in [1.165, 1.54) is 21.5 Å². The molecular formula is C15H11NS. The van der Waals surface area contributed by atoms with Gasteiger partial charge < -0.3 is 0 Å². The molecule has 0 aliphatic carbocycles. The highest BCUT2D eigenvalue weighted by Crippen LogP contribution is 2.21. The van der Waals surface area contributed by atoms with Crippen molar-refractivity contribution in [3.63, 3.8) is 0 Å². The van der Waals surface area contributed by atoms with Gasteiger partial charge in [0.15, 0.2) is 0 Å². The molecule has 0 bridgehead atoms. The van der Waals surface area contributed by atoms with Crippen LogP contribution in [0.3, 0.4) is 0 Å². The minimum atomic E-state index is 1.31. The molecular weight excluding hydrogens is 226 g/mol. The molecule has 3 aromatic rings. The Balaban J connectivity index is 0.000000329. The Kier molecular flexibility index (Phi) is 3.61. The molecule has 0 heterocycles. The molecule has 0 saturated carbocycles. The lowest BCUT2D eigenvalue weighted by Gasteiger charge is -2.00. The van der Waals surface area contributed by atoms with Gasteiger partial charge in [-0.3, -0.25) is 0 Å². The smallest absolute Gasteiger partial charge is 0.0554 e. The highest BCUT2D eigenvalue weighted by atomic mass is 32.1. The fraction of sp³-hybridized carbons (Fsp3) is 0. The predicted octanol–water partition coefficient (Wildman–Crippen LogP) is 4.66. The minimum absolute atomic E-state index is 1.31. The molecule has 3 aromatic carbocycles. The van der Waals surface area contributed by atoms with E-state index in [-0.39, 0.29) is 0 Å². The number of isothiocyanates is 1. The monoisotopic (exact) mass is 237 g/mol. The molecule has 0 unspecified atom stereocenters. The standard InChI is InChI=1S/C14H10.CHNS/c1-2-6-12-10-14-8-4-3-7-13(14)9-11(12)5-1;2-1-3/h1-10H;2H. The van der Waals surface area contributed by atoms with Crippen LogP contribution in [-0.4, -0.2) is 5.16 Å². The van der Waals surface area contributed by atoms with Crippen LogP contribution in [0.5, 0.6) is 0 Å². The summed E-state index contributed by atoms with van der Waals surface area (Å²) in [5.41, 5.74) is 0. The first-order valence-electron chi connectivity index (χ1n) is 5.26. The van der Waals surface area contributed by atoms with Crippen LogP contribution >= 0.6 is 12.2 Å². The lowest BCUT2D eigenvalue weighted by atomic mass is 10.0. The fourth-order valence-electron chi connectivity index (χ4n) is 1.88. The van der Waals surface area contributed by atoms with Crippen molar-refractivity contribution in [2.45, 2.75) is 0 Å². The Morgan fingerprint density at radius 1 is 0.706 bits per heavy atom. The van der Waals surface area contributed by atoms with E-state index in [1.807, 2.05) is 0 Å². The van der Waals surface area contributed by atoms with Crippen LogP contribution in [0.25, 0.3) is 21.5 Å². The van der Waals surface area contributed by atoms with Crippen molar-refractivity contribution in [3.05, 3.63) is 60.7 Å². The molecule has 82 valence electrons. The number of fused-ring (bicyclic) bond motifs is 2. The van der Waals surface area contributed by atoms with Crippen LogP contribution in [0.4, 0.5) is 0 Å². The summed E-state index contributed by atoms with van der Waals surface area (Å²) < 4.78 is 0. The summed E-state index contributed by atoms with van der Waals surface area (Å²) >= 11 is 3.81. The third-order valence-corrected chi connectivity index (χ3v) is 2.61. The quantitative estimate of drug-likeness (QED) is 0.343. The molecule has 3 rings (SSSR count). The Labute approximate surface area is 105 Å². The maximum atomic E-state index is 5.77. The second-order valence-electron chi connectivity index (χ2n) is 3.65. The molecule has 0 fully saturated rings. The van der Waals surface area contributed by atoms with Crippen molar-refractivity contribution in [1.29, 1.82) is 5.41 Å². The van der Waals surface area contributed by atoms with Gasteiger partial charge in [-0.1, -0.05) is 48.5 Å². The molecule has 0 aromatic heterocycles. The topological polar surface area (TPSA) is 23.9 Å². The zero-order valence-corrected chi connectivity index (χ0v) is 10.00. The van der Waals surface area contributed by atoms with Crippen LogP contribution in [0.1, 0.15) is 0 Å². The summed E-state index contributed by atoms with van der Waals surface area (Å²) in [6.07, 6.45) is 0. The SMILES string of the molecule is N=C=S.c1ccc2cc3ccccc3cc2c1. The number of hydrogen-bond donors (Lipinski definition) is 1. The van der Waals surface area contributed by atoms with Crippen LogP contribution in [0.15, 0.2) is 60.7 Å². The van der Waals surface area contributed by atoms with Crippen LogP contribution in [-0.2, 0) is 0 Å². The van der Waals surface area contributed by atoms with Gasteiger partial charge in [-0.15, -0.1) is 0 Å². The van der Waals surface area contributed by atoms with Crippen molar-refractivity contribution >= 4 is 38.9 Å². The van der Waals surface area contributed by atoms with Crippen molar-refractivity contribution < 1.29 is 0 Å². The van der Waals surface area contributed by atoms with Crippen LogP contribution in [0.2, 0.25) is 0 Å². The van der Waals surface area contributed by atoms with Crippen molar-refractivity contribution in [2.75, 3.05) is 0 Å². The highest BCUT2D eigenvalue weighted by Gasteiger charge is 1.95. The van der Waals surface area contributed by atoms with Crippen molar-refractivity contribution in [1.82, 2.24) is 0 Å². The van der Waals surface area contributed by atoms with E-state index in [1.54, 1.807) is 5.16 Å². The predicted molar refractivity (Wildman–Crippen MR) is 76.8 cm³/mol. The molecule has 0 spiro atoms. The molecule has 1 nitrogen and oxygen atoms in total. The van der Waals surface area contributed by atoms with Gasteiger partial charge in [0, 0.05) is 0 Å². The van der Waals surface area contributed by atoms with E-state index >= 15 is 0 Å². The lowest BCUT2D eigenvalue weighted by molar-refractivity contribution is 1.61. The van der Waals surface area contributed by atoms with Crippen molar-refractivity contribution in [2.24, 2.45) is 0 Å². The third kappa shape index (κ3) is 2.56.